The first-order valence-corrected chi connectivity index (χ1v) is 7.21. The van der Waals surface area contributed by atoms with Gasteiger partial charge in [-0.25, -0.2) is 0 Å². The van der Waals surface area contributed by atoms with E-state index in [1.54, 1.807) is 12.1 Å². The first-order chi connectivity index (χ1) is 10.1. The molecular weight excluding hydrogens is 278 g/mol. The van der Waals surface area contributed by atoms with Crippen LogP contribution in [0, 0.1) is 5.92 Å². The third kappa shape index (κ3) is 3.15. The van der Waals surface area contributed by atoms with Crippen molar-refractivity contribution < 1.29 is 18.3 Å². The second kappa shape index (κ2) is 5.97. The van der Waals surface area contributed by atoms with Crippen molar-refractivity contribution in [2.24, 2.45) is 5.92 Å². The van der Waals surface area contributed by atoms with E-state index < -0.39 is 6.61 Å². The Bertz CT molecular complexity index is 503. The monoisotopic (exact) mass is 296 g/mol. The van der Waals surface area contributed by atoms with Crippen LogP contribution in [-0.2, 0) is 4.79 Å². The molecule has 4 nitrogen and oxygen atoms in total. The van der Waals surface area contributed by atoms with Gasteiger partial charge in [-0.1, -0.05) is 18.6 Å². The highest BCUT2D eigenvalue weighted by atomic mass is 19.3. The fourth-order valence-corrected chi connectivity index (χ4v) is 2.83. The molecule has 6 heteroatoms. The van der Waals surface area contributed by atoms with Crippen LogP contribution in [0.5, 0.6) is 5.75 Å². The van der Waals surface area contributed by atoms with Gasteiger partial charge < -0.3 is 9.64 Å². The van der Waals surface area contributed by atoms with E-state index in [0.29, 0.717) is 12.5 Å². The van der Waals surface area contributed by atoms with Gasteiger partial charge >= 0.3 is 6.61 Å². The van der Waals surface area contributed by atoms with E-state index in [4.69, 9.17) is 0 Å². The molecule has 1 unspecified atom stereocenters. The van der Waals surface area contributed by atoms with Crippen molar-refractivity contribution in [3.63, 3.8) is 0 Å². The van der Waals surface area contributed by atoms with Crippen molar-refractivity contribution in [1.29, 1.82) is 0 Å². The Labute approximate surface area is 122 Å². The molecule has 0 spiro atoms. The minimum atomic E-state index is -2.82. The van der Waals surface area contributed by atoms with Gasteiger partial charge in [0.1, 0.15) is 11.9 Å². The minimum absolute atomic E-state index is 0.0970. The van der Waals surface area contributed by atoms with Crippen LogP contribution in [0.3, 0.4) is 0 Å². The summed E-state index contributed by atoms with van der Waals surface area (Å²) in [6.45, 7) is -1.73. The number of alkyl halides is 2. The second-order valence-corrected chi connectivity index (χ2v) is 5.57. The lowest BCUT2D eigenvalue weighted by atomic mass is 9.85. The molecule has 0 radical (unpaired) electrons. The van der Waals surface area contributed by atoms with Crippen LogP contribution in [-0.4, -0.2) is 30.5 Å². The normalized spacial score (nSPS) is 22.7. The molecule has 1 heterocycles. The van der Waals surface area contributed by atoms with Gasteiger partial charge in [0.15, 0.2) is 0 Å². The van der Waals surface area contributed by atoms with Gasteiger partial charge in [0, 0.05) is 6.54 Å². The number of nitrogens with zero attached hydrogens (tertiary/aromatic N) is 1. The van der Waals surface area contributed by atoms with Crippen LogP contribution >= 0.6 is 0 Å². The SMILES string of the molecule is O=C1CNC(c2ccc(OC(F)F)cc2)N1CC1CCC1. The summed E-state index contributed by atoms with van der Waals surface area (Å²) in [6.07, 6.45) is 3.43. The van der Waals surface area contributed by atoms with E-state index >= 15 is 0 Å². The highest BCUT2D eigenvalue weighted by Gasteiger charge is 2.34. The van der Waals surface area contributed by atoms with Gasteiger partial charge in [0.2, 0.25) is 5.91 Å². The Hall–Kier alpha value is -1.69. The van der Waals surface area contributed by atoms with Crippen molar-refractivity contribution in [1.82, 2.24) is 10.2 Å². The Kier molecular flexibility index (Phi) is 4.05. The average molecular weight is 296 g/mol. The smallest absolute Gasteiger partial charge is 0.387 e. The molecule has 1 saturated heterocycles. The van der Waals surface area contributed by atoms with Crippen LogP contribution in [0.15, 0.2) is 24.3 Å². The predicted molar refractivity (Wildman–Crippen MR) is 72.9 cm³/mol. The summed E-state index contributed by atoms with van der Waals surface area (Å²) < 4.78 is 28.6. The number of halogens is 2. The van der Waals surface area contributed by atoms with E-state index in [9.17, 15) is 13.6 Å². The number of ether oxygens (including phenoxy) is 1. The predicted octanol–water partition coefficient (Wildman–Crippen LogP) is 2.52. The van der Waals surface area contributed by atoms with E-state index in [1.807, 2.05) is 4.90 Å². The zero-order chi connectivity index (χ0) is 14.8. The van der Waals surface area contributed by atoms with Crippen molar-refractivity contribution in [3.05, 3.63) is 29.8 Å². The molecule has 1 aliphatic heterocycles. The maximum absolute atomic E-state index is 12.1. The zero-order valence-corrected chi connectivity index (χ0v) is 11.6. The average Bonchev–Trinajstić information content (AvgIpc) is 2.75. The number of benzene rings is 1. The first kappa shape index (κ1) is 14.3. The number of amides is 1. The van der Waals surface area contributed by atoms with Crippen LogP contribution in [0.25, 0.3) is 0 Å². The summed E-state index contributed by atoms with van der Waals surface area (Å²) in [5.74, 6) is 0.821. The number of rotatable bonds is 5. The number of hydrogen-bond donors (Lipinski definition) is 1. The Morgan fingerprint density at radius 1 is 1.29 bits per heavy atom. The Morgan fingerprint density at radius 2 is 2.00 bits per heavy atom. The van der Waals surface area contributed by atoms with E-state index in [1.165, 1.54) is 31.4 Å². The third-order valence-electron chi connectivity index (χ3n) is 4.18. The number of carbonyl (C=O) groups excluding carboxylic acids is 1. The molecule has 1 amide bonds. The summed E-state index contributed by atoms with van der Waals surface area (Å²) in [5, 5.41) is 3.17. The van der Waals surface area contributed by atoms with Crippen molar-refractivity contribution in [3.8, 4) is 5.75 Å². The molecule has 1 aliphatic carbocycles. The van der Waals surface area contributed by atoms with Crippen molar-refractivity contribution in [2.45, 2.75) is 32.0 Å². The van der Waals surface area contributed by atoms with Crippen LogP contribution in [0.1, 0.15) is 31.0 Å². The van der Waals surface area contributed by atoms with Crippen LogP contribution in [0.4, 0.5) is 8.78 Å². The summed E-state index contributed by atoms with van der Waals surface area (Å²) >= 11 is 0. The molecule has 3 rings (SSSR count). The van der Waals surface area contributed by atoms with Crippen LogP contribution < -0.4 is 10.1 Å². The lowest BCUT2D eigenvalue weighted by Gasteiger charge is -2.33. The minimum Gasteiger partial charge on any atom is -0.435 e. The largest absolute Gasteiger partial charge is 0.435 e. The molecule has 1 aromatic carbocycles. The Morgan fingerprint density at radius 3 is 2.57 bits per heavy atom. The number of nitrogens with one attached hydrogen (secondary N) is 1. The van der Waals surface area contributed by atoms with E-state index in [2.05, 4.69) is 10.1 Å². The fourth-order valence-electron chi connectivity index (χ4n) is 2.83. The first-order valence-electron chi connectivity index (χ1n) is 7.21. The van der Waals surface area contributed by atoms with Crippen molar-refractivity contribution >= 4 is 5.91 Å². The molecule has 114 valence electrons. The molecule has 0 aromatic heterocycles. The second-order valence-electron chi connectivity index (χ2n) is 5.57. The van der Waals surface area contributed by atoms with E-state index in [-0.39, 0.29) is 17.8 Å². The highest BCUT2D eigenvalue weighted by Crippen LogP contribution is 2.32. The lowest BCUT2D eigenvalue weighted by molar-refractivity contribution is -0.129. The fraction of sp³-hybridized carbons (Fsp3) is 0.533. The highest BCUT2D eigenvalue weighted by molar-refractivity contribution is 5.81. The molecule has 2 fully saturated rings. The third-order valence-corrected chi connectivity index (χ3v) is 4.18. The maximum Gasteiger partial charge on any atom is 0.387 e. The van der Waals surface area contributed by atoms with E-state index in [0.717, 1.165) is 12.1 Å². The molecule has 21 heavy (non-hydrogen) atoms. The summed E-state index contributed by atoms with van der Waals surface area (Å²) in [5.41, 5.74) is 0.891. The van der Waals surface area contributed by atoms with Crippen molar-refractivity contribution in [2.75, 3.05) is 13.1 Å². The molecule has 0 bridgehead atoms. The Balaban J connectivity index is 1.70. The van der Waals surface area contributed by atoms with Gasteiger partial charge in [-0.15, -0.1) is 0 Å². The topological polar surface area (TPSA) is 41.6 Å². The molecule has 2 aliphatic rings. The van der Waals surface area contributed by atoms with Gasteiger partial charge in [0.05, 0.1) is 6.54 Å². The number of hydrogen-bond acceptors (Lipinski definition) is 3. The molecular formula is C15H18F2N2O2. The summed E-state index contributed by atoms with van der Waals surface area (Å²) in [6, 6.07) is 6.46. The van der Waals surface area contributed by atoms with Gasteiger partial charge in [0.25, 0.3) is 0 Å². The molecule has 1 N–H and O–H groups in total. The molecule has 1 aromatic rings. The van der Waals surface area contributed by atoms with Gasteiger partial charge in [-0.05, 0) is 36.5 Å². The zero-order valence-electron chi connectivity index (χ0n) is 11.6. The maximum atomic E-state index is 12.1. The molecule has 1 atom stereocenters. The van der Waals surface area contributed by atoms with Crippen LogP contribution in [0.2, 0.25) is 0 Å². The summed E-state index contributed by atoms with van der Waals surface area (Å²) in [7, 11) is 0. The summed E-state index contributed by atoms with van der Waals surface area (Å²) in [4.78, 5) is 13.8. The quantitative estimate of drug-likeness (QED) is 0.908. The lowest BCUT2D eigenvalue weighted by Crippen LogP contribution is -2.36. The number of carbonyl (C=O) groups is 1. The standard InChI is InChI=1S/C15H18F2N2O2/c16-15(17)21-12-6-4-11(5-7-12)14-18-8-13(20)19(14)9-10-2-1-3-10/h4-7,10,14-15,18H,1-3,8-9H2. The van der Waals surface area contributed by atoms with Gasteiger partial charge in [-0.3, -0.25) is 10.1 Å². The molecule has 1 saturated carbocycles. The van der Waals surface area contributed by atoms with Gasteiger partial charge in [-0.2, -0.15) is 8.78 Å².